The van der Waals surface area contributed by atoms with E-state index in [9.17, 15) is 0 Å². The highest BCUT2D eigenvalue weighted by molar-refractivity contribution is 4.86. The Hall–Kier alpha value is -0.120. The number of hydrogen-bond acceptors (Lipinski definition) is 3. The van der Waals surface area contributed by atoms with E-state index in [2.05, 4.69) is 24.2 Å². The van der Waals surface area contributed by atoms with Crippen LogP contribution < -0.4 is 5.32 Å². The molecule has 0 aromatic rings. The van der Waals surface area contributed by atoms with E-state index in [4.69, 9.17) is 4.74 Å². The average molecular weight is 228 g/mol. The molecule has 1 aliphatic rings. The number of nitrogens with zero attached hydrogens (tertiary/aromatic N) is 1. The van der Waals surface area contributed by atoms with Gasteiger partial charge in [-0.15, -0.1) is 0 Å². The lowest BCUT2D eigenvalue weighted by molar-refractivity contribution is 0.0928. The largest absolute Gasteiger partial charge is 0.383 e. The fourth-order valence-electron chi connectivity index (χ4n) is 2.87. The van der Waals surface area contributed by atoms with Gasteiger partial charge in [-0.25, -0.2) is 0 Å². The fraction of sp³-hybridized carbons (Fsp3) is 1.00. The monoisotopic (exact) mass is 228 g/mol. The van der Waals surface area contributed by atoms with Crippen LogP contribution in [-0.2, 0) is 4.74 Å². The molecule has 1 saturated heterocycles. The van der Waals surface area contributed by atoms with E-state index >= 15 is 0 Å². The maximum absolute atomic E-state index is 5.14. The molecule has 0 aromatic carbocycles. The van der Waals surface area contributed by atoms with Gasteiger partial charge in [0.25, 0.3) is 0 Å². The minimum absolute atomic E-state index is 0.558. The molecule has 1 aliphatic heterocycles. The number of piperidine rings is 1. The number of ether oxygens (including phenoxy) is 1. The molecule has 0 aromatic heterocycles. The predicted octanol–water partition coefficient (Wildman–Crippen LogP) is 1.73. The Morgan fingerprint density at radius 3 is 2.56 bits per heavy atom. The van der Waals surface area contributed by atoms with Crippen LogP contribution in [0, 0.1) is 5.41 Å². The average Bonchev–Trinajstić information content (AvgIpc) is 2.28. The zero-order valence-electron chi connectivity index (χ0n) is 11.2. The first-order valence-corrected chi connectivity index (χ1v) is 6.61. The quantitative estimate of drug-likeness (QED) is 0.718. The second kappa shape index (κ2) is 7.25. The van der Waals surface area contributed by atoms with Crippen LogP contribution in [0.4, 0.5) is 0 Å². The summed E-state index contributed by atoms with van der Waals surface area (Å²) in [6, 6.07) is 0. The van der Waals surface area contributed by atoms with Crippen molar-refractivity contribution < 1.29 is 4.74 Å². The van der Waals surface area contributed by atoms with Gasteiger partial charge in [0.2, 0.25) is 0 Å². The summed E-state index contributed by atoms with van der Waals surface area (Å²) in [5.74, 6) is 0. The molecule has 0 amide bonds. The molecule has 0 radical (unpaired) electrons. The SMILES string of the molecule is CCCC1(CN(C)CCOC)CCNCC1. The van der Waals surface area contributed by atoms with E-state index in [1.165, 1.54) is 45.3 Å². The van der Waals surface area contributed by atoms with Crippen LogP contribution in [-0.4, -0.2) is 51.8 Å². The van der Waals surface area contributed by atoms with E-state index in [1.54, 1.807) is 7.11 Å². The van der Waals surface area contributed by atoms with Crippen molar-refractivity contribution in [2.24, 2.45) is 5.41 Å². The molecule has 1 N–H and O–H groups in total. The number of rotatable bonds is 7. The minimum atomic E-state index is 0.558. The van der Waals surface area contributed by atoms with Crippen LogP contribution in [0.2, 0.25) is 0 Å². The molecule has 3 heteroatoms. The van der Waals surface area contributed by atoms with Crippen molar-refractivity contribution in [2.45, 2.75) is 32.6 Å². The second-order valence-corrected chi connectivity index (χ2v) is 5.23. The lowest BCUT2D eigenvalue weighted by Crippen LogP contribution is -2.44. The number of likely N-dealkylation sites (N-methyl/N-ethyl adjacent to an activating group) is 1. The lowest BCUT2D eigenvalue weighted by atomic mass is 9.75. The summed E-state index contributed by atoms with van der Waals surface area (Å²) in [4.78, 5) is 2.44. The topological polar surface area (TPSA) is 24.5 Å². The third-order valence-electron chi connectivity index (χ3n) is 3.73. The first-order valence-electron chi connectivity index (χ1n) is 6.61. The minimum Gasteiger partial charge on any atom is -0.383 e. The van der Waals surface area contributed by atoms with Crippen LogP contribution in [0.1, 0.15) is 32.6 Å². The van der Waals surface area contributed by atoms with Crippen molar-refractivity contribution >= 4 is 0 Å². The highest BCUT2D eigenvalue weighted by Crippen LogP contribution is 2.34. The third-order valence-corrected chi connectivity index (χ3v) is 3.73. The summed E-state index contributed by atoms with van der Waals surface area (Å²) in [6.07, 6.45) is 5.33. The van der Waals surface area contributed by atoms with Crippen molar-refractivity contribution in [1.82, 2.24) is 10.2 Å². The molecule has 0 bridgehead atoms. The zero-order chi connectivity index (χ0) is 11.9. The van der Waals surface area contributed by atoms with Gasteiger partial charge in [0.15, 0.2) is 0 Å². The summed E-state index contributed by atoms with van der Waals surface area (Å²) >= 11 is 0. The predicted molar refractivity (Wildman–Crippen MR) is 68.8 cm³/mol. The maximum Gasteiger partial charge on any atom is 0.0589 e. The molecular weight excluding hydrogens is 200 g/mol. The van der Waals surface area contributed by atoms with Gasteiger partial charge in [-0.05, 0) is 44.8 Å². The van der Waals surface area contributed by atoms with Gasteiger partial charge in [0, 0.05) is 20.2 Å². The van der Waals surface area contributed by atoms with Crippen LogP contribution in [0.3, 0.4) is 0 Å². The van der Waals surface area contributed by atoms with E-state index in [0.29, 0.717) is 5.41 Å². The normalized spacial score (nSPS) is 20.2. The Kier molecular flexibility index (Phi) is 6.32. The molecule has 96 valence electrons. The molecule has 0 aliphatic carbocycles. The van der Waals surface area contributed by atoms with Crippen LogP contribution in [0.5, 0.6) is 0 Å². The first-order chi connectivity index (χ1) is 7.72. The van der Waals surface area contributed by atoms with Crippen molar-refractivity contribution in [1.29, 1.82) is 0 Å². The summed E-state index contributed by atoms with van der Waals surface area (Å²) in [6.45, 7) is 7.81. The number of nitrogens with one attached hydrogen (secondary N) is 1. The van der Waals surface area contributed by atoms with Crippen LogP contribution in [0.25, 0.3) is 0 Å². The van der Waals surface area contributed by atoms with Gasteiger partial charge in [-0.1, -0.05) is 13.3 Å². The van der Waals surface area contributed by atoms with Gasteiger partial charge in [0.1, 0.15) is 0 Å². The second-order valence-electron chi connectivity index (χ2n) is 5.23. The Bertz CT molecular complexity index is 173. The van der Waals surface area contributed by atoms with Crippen LogP contribution >= 0.6 is 0 Å². The molecule has 0 atom stereocenters. The van der Waals surface area contributed by atoms with Crippen molar-refractivity contribution in [3.05, 3.63) is 0 Å². The summed E-state index contributed by atoms with van der Waals surface area (Å²) in [5.41, 5.74) is 0.558. The van der Waals surface area contributed by atoms with E-state index in [1.807, 2.05) is 0 Å². The van der Waals surface area contributed by atoms with Crippen molar-refractivity contribution in [3.63, 3.8) is 0 Å². The summed E-state index contributed by atoms with van der Waals surface area (Å²) < 4.78 is 5.14. The molecule has 1 heterocycles. The van der Waals surface area contributed by atoms with Gasteiger partial charge in [-0.3, -0.25) is 0 Å². The first kappa shape index (κ1) is 13.9. The maximum atomic E-state index is 5.14. The zero-order valence-corrected chi connectivity index (χ0v) is 11.2. The Morgan fingerprint density at radius 2 is 2.00 bits per heavy atom. The number of methoxy groups -OCH3 is 1. The van der Waals surface area contributed by atoms with Crippen LogP contribution in [0.15, 0.2) is 0 Å². The molecular formula is C13H28N2O. The molecule has 1 fully saturated rings. The van der Waals surface area contributed by atoms with E-state index in [-0.39, 0.29) is 0 Å². The lowest BCUT2D eigenvalue weighted by Gasteiger charge is -2.40. The Balaban J connectivity index is 2.42. The van der Waals surface area contributed by atoms with Gasteiger partial charge >= 0.3 is 0 Å². The molecule has 1 rings (SSSR count). The Labute approximate surface area is 101 Å². The summed E-state index contributed by atoms with van der Waals surface area (Å²) in [7, 11) is 4.00. The fourth-order valence-corrected chi connectivity index (χ4v) is 2.87. The standard InChI is InChI=1S/C13H28N2O/c1-4-5-13(6-8-14-9-7-13)12-15(2)10-11-16-3/h14H,4-12H2,1-3H3. The summed E-state index contributed by atoms with van der Waals surface area (Å²) in [5, 5.41) is 3.47. The van der Waals surface area contributed by atoms with Gasteiger partial charge in [-0.2, -0.15) is 0 Å². The highest BCUT2D eigenvalue weighted by Gasteiger charge is 2.31. The third kappa shape index (κ3) is 4.40. The van der Waals surface area contributed by atoms with E-state index in [0.717, 1.165) is 13.2 Å². The molecule has 16 heavy (non-hydrogen) atoms. The highest BCUT2D eigenvalue weighted by atomic mass is 16.5. The molecule has 0 spiro atoms. The number of hydrogen-bond donors (Lipinski definition) is 1. The molecule has 0 saturated carbocycles. The van der Waals surface area contributed by atoms with Crippen molar-refractivity contribution in [3.8, 4) is 0 Å². The van der Waals surface area contributed by atoms with Gasteiger partial charge < -0.3 is 15.0 Å². The van der Waals surface area contributed by atoms with E-state index < -0.39 is 0 Å². The molecule has 3 nitrogen and oxygen atoms in total. The molecule has 0 unspecified atom stereocenters. The smallest absolute Gasteiger partial charge is 0.0589 e. The van der Waals surface area contributed by atoms with Crippen molar-refractivity contribution in [2.75, 3.05) is 46.9 Å². The Morgan fingerprint density at radius 1 is 1.31 bits per heavy atom. The van der Waals surface area contributed by atoms with Gasteiger partial charge in [0.05, 0.1) is 6.61 Å².